The first-order valence-electron chi connectivity index (χ1n) is 8.80. The molecule has 0 spiro atoms. The van der Waals surface area contributed by atoms with E-state index in [4.69, 9.17) is 9.47 Å². The van der Waals surface area contributed by atoms with E-state index in [1.807, 2.05) is 18.2 Å². The molecule has 25 heavy (non-hydrogen) atoms. The lowest BCUT2D eigenvalue weighted by Crippen LogP contribution is -2.44. The van der Waals surface area contributed by atoms with Crippen LogP contribution in [0.3, 0.4) is 0 Å². The average molecular weight is 347 g/mol. The number of anilines is 1. The van der Waals surface area contributed by atoms with E-state index in [0.717, 1.165) is 25.1 Å². The number of unbranched alkanes of at least 4 members (excludes halogenated alkanes) is 1. The minimum atomic E-state index is -0.183. The number of hydrogen-bond donors (Lipinski definition) is 1. The summed E-state index contributed by atoms with van der Waals surface area (Å²) in [4.78, 5) is 27.9. The smallest absolute Gasteiger partial charge is 0.317 e. The number of nitrogens with zero attached hydrogens (tertiary/aromatic N) is 2. The molecule has 1 saturated heterocycles. The number of hydrogen-bond acceptors (Lipinski definition) is 4. The summed E-state index contributed by atoms with van der Waals surface area (Å²) in [5.41, 5.74) is 0.769. The minimum absolute atomic E-state index is 0.00168. The van der Waals surface area contributed by atoms with Crippen molar-refractivity contribution in [3.8, 4) is 11.5 Å². The number of rotatable bonds is 5. The van der Waals surface area contributed by atoms with Crippen molar-refractivity contribution in [2.75, 3.05) is 38.3 Å². The number of fused-ring (bicyclic) bond motifs is 1. The van der Waals surface area contributed by atoms with E-state index in [-0.39, 0.29) is 18.0 Å². The number of amides is 3. The lowest BCUT2D eigenvalue weighted by Gasteiger charge is -2.23. The second-order valence-electron chi connectivity index (χ2n) is 6.46. The third-order valence-corrected chi connectivity index (χ3v) is 4.48. The van der Waals surface area contributed by atoms with Crippen molar-refractivity contribution in [1.29, 1.82) is 0 Å². The highest BCUT2D eigenvalue weighted by Gasteiger charge is 2.32. The van der Waals surface area contributed by atoms with Crippen LogP contribution in [0.4, 0.5) is 10.5 Å². The van der Waals surface area contributed by atoms with E-state index < -0.39 is 0 Å². The zero-order valence-corrected chi connectivity index (χ0v) is 14.8. The Morgan fingerprint density at radius 1 is 1.32 bits per heavy atom. The Kier molecular flexibility index (Phi) is 5.31. The molecule has 7 nitrogen and oxygen atoms in total. The van der Waals surface area contributed by atoms with Gasteiger partial charge in [-0.1, -0.05) is 13.3 Å². The molecular weight excluding hydrogens is 322 g/mol. The first-order valence-corrected chi connectivity index (χ1v) is 8.80. The standard InChI is InChI=1S/C18H25N3O4/c1-3-4-7-20(2)18(23)19-13-10-17(22)21(12-13)14-5-6-15-16(11-14)25-9-8-24-15/h5-6,11,13H,3-4,7-10,12H2,1-2H3,(H,19,23)/t13-/m1/s1. The van der Waals surface area contributed by atoms with Crippen LogP contribution in [-0.2, 0) is 4.79 Å². The van der Waals surface area contributed by atoms with Crippen LogP contribution in [0.15, 0.2) is 18.2 Å². The zero-order chi connectivity index (χ0) is 17.8. The number of benzene rings is 1. The number of nitrogens with one attached hydrogen (secondary N) is 1. The van der Waals surface area contributed by atoms with Crippen molar-refractivity contribution in [3.05, 3.63) is 18.2 Å². The third-order valence-electron chi connectivity index (χ3n) is 4.48. The molecule has 7 heteroatoms. The van der Waals surface area contributed by atoms with Crippen LogP contribution in [0.5, 0.6) is 11.5 Å². The van der Waals surface area contributed by atoms with E-state index in [0.29, 0.717) is 37.7 Å². The molecule has 0 unspecified atom stereocenters. The molecule has 3 amide bonds. The van der Waals surface area contributed by atoms with E-state index in [9.17, 15) is 9.59 Å². The van der Waals surface area contributed by atoms with Gasteiger partial charge in [-0.25, -0.2) is 4.79 Å². The summed E-state index contributed by atoms with van der Waals surface area (Å²) in [6.07, 6.45) is 2.32. The molecule has 1 N–H and O–H groups in total. The van der Waals surface area contributed by atoms with Gasteiger partial charge in [0.2, 0.25) is 5.91 Å². The molecular formula is C18H25N3O4. The summed E-state index contributed by atoms with van der Waals surface area (Å²) >= 11 is 0. The van der Waals surface area contributed by atoms with Gasteiger partial charge in [0.25, 0.3) is 0 Å². The maximum absolute atomic E-state index is 12.4. The van der Waals surface area contributed by atoms with Crippen LogP contribution in [0.2, 0.25) is 0 Å². The Morgan fingerprint density at radius 3 is 2.84 bits per heavy atom. The van der Waals surface area contributed by atoms with Crippen LogP contribution in [-0.4, -0.2) is 56.2 Å². The fourth-order valence-corrected chi connectivity index (χ4v) is 3.04. The molecule has 0 radical (unpaired) electrons. The Hall–Kier alpha value is -2.44. The van der Waals surface area contributed by atoms with E-state index in [2.05, 4.69) is 12.2 Å². The summed E-state index contributed by atoms with van der Waals surface area (Å²) in [5, 5.41) is 2.95. The Labute approximate surface area is 147 Å². The van der Waals surface area contributed by atoms with Gasteiger partial charge in [-0.3, -0.25) is 4.79 Å². The molecule has 1 aromatic rings. The molecule has 0 bridgehead atoms. The second kappa shape index (κ2) is 7.63. The molecule has 2 aliphatic rings. The fraction of sp³-hybridized carbons (Fsp3) is 0.556. The third kappa shape index (κ3) is 3.97. The van der Waals surface area contributed by atoms with Crippen molar-refractivity contribution in [2.24, 2.45) is 0 Å². The summed E-state index contributed by atoms with van der Waals surface area (Å²) < 4.78 is 11.1. The van der Waals surface area contributed by atoms with Gasteiger partial charge in [-0.15, -0.1) is 0 Å². The number of carbonyl (C=O) groups excluding carboxylic acids is 2. The Morgan fingerprint density at radius 2 is 2.08 bits per heavy atom. The SMILES string of the molecule is CCCCN(C)C(=O)N[C@@H]1CC(=O)N(c2ccc3c(c2)OCCO3)C1. The van der Waals surface area contributed by atoms with Crippen LogP contribution < -0.4 is 19.7 Å². The summed E-state index contributed by atoms with van der Waals surface area (Å²) in [5.74, 6) is 1.35. The highest BCUT2D eigenvalue weighted by molar-refractivity contribution is 5.97. The maximum atomic E-state index is 12.4. The normalized spacial score (nSPS) is 19.0. The van der Waals surface area contributed by atoms with Gasteiger partial charge in [-0.05, 0) is 18.6 Å². The molecule has 136 valence electrons. The number of carbonyl (C=O) groups is 2. The molecule has 1 fully saturated rings. The summed E-state index contributed by atoms with van der Waals surface area (Å²) in [6.45, 7) is 4.31. The molecule has 0 aromatic heterocycles. The van der Waals surface area contributed by atoms with E-state index in [1.54, 1.807) is 16.8 Å². The zero-order valence-electron chi connectivity index (χ0n) is 14.8. The minimum Gasteiger partial charge on any atom is -0.486 e. The largest absolute Gasteiger partial charge is 0.486 e. The van der Waals surface area contributed by atoms with Crippen molar-refractivity contribution >= 4 is 17.6 Å². The lowest BCUT2D eigenvalue weighted by atomic mass is 10.2. The highest BCUT2D eigenvalue weighted by atomic mass is 16.6. The number of ether oxygens (including phenoxy) is 2. The van der Waals surface area contributed by atoms with E-state index >= 15 is 0 Å². The second-order valence-corrected chi connectivity index (χ2v) is 6.46. The summed E-state index contributed by atoms with van der Waals surface area (Å²) in [6, 6.07) is 5.18. The Balaban J connectivity index is 1.62. The quantitative estimate of drug-likeness (QED) is 0.884. The average Bonchev–Trinajstić information content (AvgIpc) is 2.99. The topological polar surface area (TPSA) is 71.1 Å². The summed E-state index contributed by atoms with van der Waals surface area (Å²) in [7, 11) is 1.78. The van der Waals surface area contributed by atoms with Gasteiger partial charge in [0.1, 0.15) is 13.2 Å². The molecule has 2 heterocycles. The van der Waals surface area contributed by atoms with Crippen molar-refractivity contribution in [1.82, 2.24) is 10.2 Å². The van der Waals surface area contributed by atoms with Gasteiger partial charge < -0.3 is 24.6 Å². The molecule has 0 saturated carbocycles. The monoisotopic (exact) mass is 347 g/mol. The first-order chi connectivity index (χ1) is 12.1. The maximum Gasteiger partial charge on any atom is 0.317 e. The molecule has 2 aliphatic heterocycles. The van der Waals surface area contributed by atoms with Crippen molar-refractivity contribution in [2.45, 2.75) is 32.2 Å². The van der Waals surface area contributed by atoms with Gasteiger partial charge >= 0.3 is 6.03 Å². The predicted octanol–water partition coefficient (Wildman–Crippen LogP) is 2.00. The van der Waals surface area contributed by atoms with Crippen LogP contribution >= 0.6 is 0 Å². The van der Waals surface area contributed by atoms with Crippen LogP contribution in [0.1, 0.15) is 26.2 Å². The van der Waals surface area contributed by atoms with Crippen LogP contribution in [0, 0.1) is 0 Å². The molecule has 3 rings (SSSR count). The van der Waals surface area contributed by atoms with Crippen molar-refractivity contribution < 1.29 is 19.1 Å². The highest BCUT2D eigenvalue weighted by Crippen LogP contribution is 2.35. The Bertz CT molecular complexity index is 649. The van der Waals surface area contributed by atoms with Gasteiger partial charge in [0, 0.05) is 38.3 Å². The van der Waals surface area contributed by atoms with Crippen molar-refractivity contribution in [3.63, 3.8) is 0 Å². The molecule has 1 aromatic carbocycles. The van der Waals surface area contributed by atoms with Gasteiger partial charge in [-0.2, -0.15) is 0 Å². The van der Waals surface area contributed by atoms with Gasteiger partial charge in [0.15, 0.2) is 11.5 Å². The lowest BCUT2D eigenvalue weighted by molar-refractivity contribution is -0.117. The van der Waals surface area contributed by atoms with E-state index in [1.165, 1.54) is 0 Å². The van der Waals surface area contributed by atoms with Crippen LogP contribution in [0.25, 0.3) is 0 Å². The van der Waals surface area contributed by atoms with Gasteiger partial charge in [0.05, 0.1) is 6.04 Å². The molecule has 0 aliphatic carbocycles. The number of urea groups is 1. The predicted molar refractivity (Wildman–Crippen MR) is 94.3 cm³/mol. The fourth-order valence-electron chi connectivity index (χ4n) is 3.04. The molecule has 1 atom stereocenters. The first kappa shape index (κ1) is 17.4.